The Morgan fingerprint density at radius 3 is 2.65 bits per heavy atom. The number of halogens is 2. The standard InChI is InChI=1S/C15H15Cl2N5O4/c1-2-26-13-9(16)5-8(6-10(13)17)7-18-21-12(23)4-3-11-14(24)19-15(25)22-20-11/h5-7H,2-4H2,1H3,(H,21,23)(H2,19,22,24,25)/b18-7+. The Morgan fingerprint density at radius 2 is 2.04 bits per heavy atom. The van der Waals surface area contributed by atoms with Crippen molar-refractivity contribution in [3.8, 4) is 5.75 Å². The van der Waals surface area contributed by atoms with Crippen LogP contribution in [0.25, 0.3) is 0 Å². The molecule has 26 heavy (non-hydrogen) atoms. The number of rotatable bonds is 7. The molecule has 2 aromatic rings. The van der Waals surface area contributed by atoms with Gasteiger partial charge in [-0.1, -0.05) is 23.2 Å². The highest BCUT2D eigenvalue weighted by Crippen LogP contribution is 2.33. The minimum Gasteiger partial charge on any atom is -0.491 e. The number of aryl methyl sites for hydroxylation is 1. The molecule has 1 aromatic heterocycles. The molecule has 0 atom stereocenters. The minimum atomic E-state index is -0.708. The Hall–Kier alpha value is -2.65. The predicted molar refractivity (Wildman–Crippen MR) is 97.2 cm³/mol. The van der Waals surface area contributed by atoms with Crippen molar-refractivity contribution >= 4 is 35.3 Å². The van der Waals surface area contributed by atoms with E-state index in [0.29, 0.717) is 28.0 Å². The molecule has 0 saturated carbocycles. The van der Waals surface area contributed by atoms with E-state index in [2.05, 4.69) is 20.7 Å². The zero-order valence-electron chi connectivity index (χ0n) is 13.6. The molecule has 0 aliphatic carbocycles. The Kier molecular flexibility index (Phi) is 6.93. The van der Waals surface area contributed by atoms with Crippen molar-refractivity contribution in [2.24, 2.45) is 5.10 Å². The van der Waals surface area contributed by atoms with Gasteiger partial charge in [-0.05, 0) is 24.6 Å². The Bertz CT molecular complexity index is 915. The zero-order chi connectivity index (χ0) is 19.1. The van der Waals surface area contributed by atoms with Crippen LogP contribution >= 0.6 is 23.2 Å². The van der Waals surface area contributed by atoms with E-state index in [0.717, 1.165) is 0 Å². The molecule has 3 N–H and O–H groups in total. The van der Waals surface area contributed by atoms with Crippen molar-refractivity contribution in [3.63, 3.8) is 0 Å². The van der Waals surface area contributed by atoms with Gasteiger partial charge in [-0.2, -0.15) is 10.2 Å². The maximum atomic E-state index is 11.7. The van der Waals surface area contributed by atoms with Crippen molar-refractivity contribution in [1.82, 2.24) is 20.6 Å². The summed E-state index contributed by atoms with van der Waals surface area (Å²) in [5.41, 5.74) is 1.59. The number of benzene rings is 1. The molecule has 0 bridgehead atoms. The first-order valence-corrected chi connectivity index (χ1v) is 8.28. The van der Waals surface area contributed by atoms with E-state index < -0.39 is 17.2 Å². The second kappa shape index (κ2) is 9.16. The fourth-order valence-corrected chi connectivity index (χ4v) is 2.56. The van der Waals surface area contributed by atoms with Crippen LogP contribution < -0.4 is 21.4 Å². The SMILES string of the molecule is CCOc1c(Cl)cc(/C=N/NC(=O)CCc2n[nH]c(=O)[nH]c2=O)cc1Cl. The topological polar surface area (TPSA) is 129 Å². The molecular formula is C15H15Cl2N5O4. The van der Waals surface area contributed by atoms with Crippen molar-refractivity contribution < 1.29 is 9.53 Å². The Morgan fingerprint density at radius 1 is 1.35 bits per heavy atom. The third kappa shape index (κ3) is 5.43. The maximum Gasteiger partial charge on any atom is 0.342 e. The second-order valence-corrected chi connectivity index (χ2v) is 5.81. The van der Waals surface area contributed by atoms with Gasteiger partial charge in [-0.15, -0.1) is 0 Å². The molecule has 1 amide bonds. The molecule has 0 radical (unpaired) electrons. The van der Waals surface area contributed by atoms with E-state index in [1.54, 1.807) is 12.1 Å². The minimum absolute atomic E-state index is 0.0374. The van der Waals surface area contributed by atoms with Crippen LogP contribution in [-0.4, -0.2) is 33.9 Å². The number of nitrogens with one attached hydrogen (secondary N) is 3. The number of aromatic nitrogens is 3. The van der Waals surface area contributed by atoms with Crippen molar-refractivity contribution in [3.05, 3.63) is 54.3 Å². The van der Waals surface area contributed by atoms with Crippen LogP contribution in [-0.2, 0) is 11.2 Å². The van der Waals surface area contributed by atoms with E-state index >= 15 is 0 Å². The van der Waals surface area contributed by atoms with Crippen LogP contribution in [0.15, 0.2) is 26.8 Å². The first-order chi connectivity index (χ1) is 12.4. The Balaban J connectivity index is 1.92. The van der Waals surface area contributed by atoms with Crippen LogP contribution in [0.4, 0.5) is 0 Å². The number of H-pyrrole nitrogens is 2. The van der Waals surface area contributed by atoms with Gasteiger partial charge in [0, 0.05) is 12.8 Å². The molecular weight excluding hydrogens is 385 g/mol. The number of ether oxygens (including phenoxy) is 1. The van der Waals surface area contributed by atoms with Gasteiger partial charge in [0.2, 0.25) is 5.91 Å². The summed E-state index contributed by atoms with van der Waals surface area (Å²) >= 11 is 12.2. The molecule has 0 saturated heterocycles. The average Bonchev–Trinajstić information content (AvgIpc) is 2.57. The molecule has 0 aliphatic heterocycles. The summed E-state index contributed by atoms with van der Waals surface area (Å²) < 4.78 is 5.32. The van der Waals surface area contributed by atoms with Gasteiger partial charge in [-0.25, -0.2) is 15.3 Å². The normalized spacial score (nSPS) is 10.9. The fraction of sp³-hybridized carbons (Fsp3) is 0.267. The third-order valence-electron chi connectivity index (χ3n) is 3.08. The fourth-order valence-electron chi connectivity index (χ4n) is 1.94. The molecule has 2 rings (SSSR count). The summed E-state index contributed by atoms with van der Waals surface area (Å²) in [6, 6.07) is 3.19. The van der Waals surface area contributed by atoms with Gasteiger partial charge in [0.25, 0.3) is 5.56 Å². The number of hydrogen-bond donors (Lipinski definition) is 3. The lowest BCUT2D eigenvalue weighted by Gasteiger charge is -2.08. The summed E-state index contributed by atoms with van der Waals surface area (Å²) in [6.45, 7) is 2.24. The van der Waals surface area contributed by atoms with Crippen LogP contribution in [0.5, 0.6) is 5.75 Å². The second-order valence-electron chi connectivity index (χ2n) is 4.99. The highest BCUT2D eigenvalue weighted by Gasteiger charge is 2.09. The van der Waals surface area contributed by atoms with Crippen LogP contribution in [0.1, 0.15) is 24.6 Å². The van der Waals surface area contributed by atoms with E-state index in [1.807, 2.05) is 11.9 Å². The molecule has 1 aromatic carbocycles. The smallest absolute Gasteiger partial charge is 0.342 e. The molecule has 0 spiro atoms. The maximum absolute atomic E-state index is 11.7. The van der Waals surface area contributed by atoms with Crippen LogP contribution in [0, 0.1) is 0 Å². The predicted octanol–water partition coefficient (Wildman–Crippen LogP) is 1.25. The summed E-state index contributed by atoms with van der Waals surface area (Å²) in [5, 5.41) is 10.1. The van der Waals surface area contributed by atoms with Crippen molar-refractivity contribution in [2.45, 2.75) is 19.8 Å². The van der Waals surface area contributed by atoms with Gasteiger partial charge in [0.05, 0.1) is 22.9 Å². The van der Waals surface area contributed by atoms with E-state index in [4.69, 9.17) is 27.9 Å². The summed E-state index contributed by atoms with van der Waals surface area (Å²) in [7, 11) is 0. The molecule has 9 nitrogen and oxygen atoms in total. The number of hydrogen-bond acceptors (Lipinski definition) is 6. The summed E-state index contributed by atoms with van der Waals surface area (Å²) in [4.78, 5) is 36.1. The molecule has 138 valence electrons. The van der Waals surface area contributed by atoms with Gasteiger partial charge in [0.15, 0.2) is 5.75 Å². The highest BCUT2D eigenvalue weighted by atomic mass is 35.5. The highest BCUT2D eigenvalue weighted by molar-refractivity contribution is 6.37. The van der Waals surface area contributed by atoms with Crippen molar-refractivity contribution in [2.75, 3.05) is 6.61 Å². The molecule has 11 heteroatoms. The van der Waals surface area contributed by atoms with E-state index in [1.165, 1.54) is 6.21 Å². The van der Waals surface area contributed by atoms with Gasteiger partial charge < -0.3 is 4.74 Å². The lowest BCUT2D eigenvalue weighted by molar-refractivity contribution is -0.121. The molecule has 0 fully saturated rings. The number of nitrogens with zero attached hydrogens (tertiary/aromatic N) is 2. The number of carbonyl (C=O) groups is 1. The zero-order valence-corrected chi connectivity index (χ0v) is 15.1. The van der Waals surface area contributed by atoms with E-state index in [9.17, 15) is 14.4 Å². The van der Waals surface area contributed by atoms with E-state index in [-0.39, 0.29) is 18.5 Å². The monoisotopic (exact) mass is 399 g/mol. The molecule has 0 aliphatic rings. The lowest BCUT2D eigenvalue weighted by Crippen LogP contribution is -2.28. The first-order valence-electron chi connectivity index (χ1n) is 7.52. The quantitative estimate of drug-likeness (QED) is 0.476. The number of amides is 1. The first kappa shape index (κ1) is 19.7. The third-order valence-corrected chi connectivity index (χ3v) is 3.64. The number of hydrazone groups is 1. The van der Waals surface area contributed by atoms with Gasteiger partial charge in [-0.3, -0.25) is 14.6 Å². The van der Waals surface area contributed by atoms with Crippen molar-refractivity contribution in [1.29, 1.82) is 0 Å². The van der Waals surface area contributed by atoms with Gasteiger partial charge >= 0.3 is 5.69 Å². The number of aromatic amines is 2. The summed E-state index contributed by atoms with van der Waals surface area (Å²) in [6.07, 6.45) is 1.38. The van der Waals surface area contributed by atoms with Crippen LogP contribution in [0.3, 0.4) is 0 Å². The largest absolute Gasteiger partial charge is 0.491 e. The lowest BCUT2D eigenvalue weighted by atomic mass is 10.2. The Labute approximate surface area is 157 Å². The molecule has 1 heterocycles. The molecule has 0 unspecified atom stereocenters. The number of carbonyl (C=O) groups excluding carboxylic acids is 1. The average molecular weight is 400 g/mol. The summed E-state index contributed by atoms with van der Waals surface area (Å²) in [5.74, 6) is -0.0487. The van der Waals surface area contributed by atoms with Crippen LogP contribution in [0.2, 0.25) is 10.0 Å². The van der Waals surface area contributed by atoms with Gasteiger partial charge in [0.1, 0.15) is 5.69 Å².